The molecule has 6 nitrogen and oxygen atoms in total. The van der Waals surface area contributed by atoms with Gasteiger partial charge in [-0.05, 0) is 13.3 Å². The van der Waals surface area contributed by atoms with E-state index in [1.807, 2.05) is 0 Å². The molecule has 2 atom stereocenters. The second-order valence-electron chi connectivity index (χ2n) is 4.62. The van der Waals surface area contributed by atoms with E-state index in [-0.39, 0.29) is 18.4 Å². The molecule has 0 aromatic carbocycles. The van der Waals surface area contributed by atoms with Crippen LogP contribution in [0.15, 0.2) is 0 Å². The van der Waals surface area contributed by atoms with Gasteiger partial charge in [0, 0.05) is 33.1 Å². The van der Waals surface area contributed by atoms with Crippen molar-refractivity contribution in [1.29, 1.82) is 0 Å². The third-order valence-electron chi connectivity index (χ3n) is 2.80. The third-order valence-corrected chi connectivity index (χ3v) is 2.80. The lowest BCUT2D eigenvalue weighted by molar-refractivity contribution is -0.126. The molecule has 0 aliphatic carbocycles. The quantitative estimate of drug-likeness (QED) is 0.569. The molecular weight excluding hydrogens is 224 g/mol. The number of nitrogens with one attached hydrogen (secondary N) is 2. The molecular formula is C11H20N2O4. The van der Waals surface area contributed by atoms with Gasteiger partial charge in [0.2, 0.25) is 11.8 Å². The predicted octanol–water partition coefficient (Wildman–Crippen LogP) is -0.831. The second-order valence-corrected chi connectivity index (χ2v) is 4.62. The van der Waals surface area contributed by atoms with E-state index in [9.17, 15) is 14.7 Å². The Bertz CT molecular complexity index is 291. The van der Waals surface area contributed by atoms with Crippen LogP contribution in [0, 0.1) is 0 Å². The third kappa shape index (κ3) is 4.70. The van der Waals surface area contributed by atoms with Gasteiger partial charge in [0.05, 0.1) is 5.60 Å². The van der Waals surface area contributed by atoms with Gasteiger partial charge in [-0.3, -0.25) is 9.59 Å². The molecule has 3 N–H and O–H groups in total. The minimum absolute atomic E-state index is 0.101. The molecule has 1 fully saturated rings. The Morgan fingerprint density at radius 1 is 1.71 bits per heavy atom. The number of rotatable bonds is 6. The Labute approximate surface area is 101 Å². The van der Waals surface area contributed by atoms with Crippen molar-refractivity contribution < 1.29 is 19.4 Å². The van der Waals surface area contributed by atoms with E-state index in [4.69, 9.17) is 4.74 Å². The molecule has 0 saturated carbocycles. The van der Waals surface area contributed by atoms with Crippen molar-refractivity contribution in [3.63, 3.8) is 0 Å². The fourth-order valence-electron chi connectivity index (χ4n) is 1.62. The van der Waals surface area contributed by atoms with Gasteiger partial charge < -0.3 is 20.5 Å². The number of methoxy groups -OCH3 is 1. The molecule has 17 heavy (non-hydrogen) atoms. The number of ether oxygens (including phenoxy) is 1. The molecule has 1 saturated heterocycles. The van der Waals surface area contributed by atoms with Crippen molar-refractivity contribution in [3.8, 4) is 0 Å². The predicted molar refractivity (Wildman–Crippen MR) is 61.3 cm³/mol. The summed E-state index contributed by atoms with van der Waals surface area (Å²) >= 11 is 0. The lowest BCUT2D eigenvalue weighted by Gasteiger charge is -2.24. The standard InChI is InChI=1S/C11H20N2O4/c1-11(16,5-6-17-2)7-12-10(15)8-3-4-9(14)13-8/h8,16H,3-7H2,1-2H3,(H,12,15)(H,13,14)/t8-,11?/m0/s1. The summed E-state index contributed by atoms with van der Waals surface area (Å²) in [5, 5.41) is 15.1. The summed E-state index contributed by atoms with van der Waals surface area (Å²) in [5.41, 5.74) is -0.992. The molecule has 1 aliphatic heterocycles. The van der Waals surface area contributed by atoms with Gasteiger partial charge in [-0.1, -0.05) is 0 Å². The largest absolute Gasteiger partial charge is 0.388 e. The number of hydrogen-bond donors (Lipinski definition) is 3. The van der Waals surface area contributed by atoms with Crippen LogP contribution in [-0.4, -0.2) is 48.8 Å². The van der Waals surface area contributed by atoms with Crippen LogP contribution < -0.4 is 10.6 Å². The normalized spacial score (nSPS) is 23.0. The first-order valence-corrected chi connectivity index (χ1v) is 5.73. The molecule has 2 amide bonds. The Morgan fingerprint density at radius 2 is 2.41 bits per heavy atom. The number of carbonyl (C=O) groups is 2. The van der Waals surface area contributed by atoms with Gasteiger partial charge in [0.1, 0.15) is 6.04 Å². The van der Waals surface area contributed by atoms with Crippen LogP contribution in [0.3, 0.4) is 0 Å². The summed E-state index contributed by atoms with van der Waals surface area (Å²) in [6.07, 6.45) is 1.35. The average molecular weight is 244 g/mol. The van der Waals surface area contributed by atoms with Gasteiger partial charge >= 0.3 is 0 Å². The van der Waals surface area contributed by atoms with Gasteiger partial charge in [-0.2, -0.15) is 0 Å². The zero-order valence-corrected chi connectivity index (χ0v) is 10.3. The Balaban J connectivity index is 2.29. The van der Waals surface area contributed by atoms with Crippen molar-refractivity contribution >= 4 is 11.8 Å². The van der Waals surface area contributed by atoms with Crippen molar-refractivity contribution in [3.05, 3.63) is 0 Å². The van der Waals surface area contributed by atoms with Crippen LogP contribution in [0.2, 0.25) is 0 Å². The minimum Gasteiger partial charge on any atom is -0.388 e. The Hall–Kier alpha value is -1.14. The van der Waals surface area contributed by atoms with Crippen LogP contribution in [0.25, 0.3) is 0 Å². The fraction of sp³-hybridized carbons (Fsp3) is 0.818. The van der Waals surface area contributed by atoms with Crippen molar-refractivity contribution in [2.24, 2.45) is 0 Å². The molecule has 0 aromatic heterocycles. The summed E-state index contributed by atoms with van der Waals surface area (Å²) in [4.78, 5) is 22.6. The highest BCUT2D eigenvalue weighted by Crippen LogP contribution is 2.09. The molecule has 1 rings (SSSR count). The van der Waals surface area contributed by atoms with Gasteiger partial charge in [-0.25, -0.2) is 0 Å². The number of carbonyl (C=O) groups excluding carboxylic acids is 2. The average Bonchev–Trinajstić information content (AvgIpc) is 2.70. The first-order chi connectivity index (χ1) is 7.94. The number of amides is 2. The van der Waals surface area contributed by atoms with Crippen LogP contribution in [-0.2, 0) is 14.3 Å². The lowest BCUT2D eigenvalue weighted by Crippen LogP contribution is -2.47. The van der Waals surface area contributed by atoms with E-state index >= 15 is 0 Å². The number of aliphatic hydroxyl groups is 1. The zero-order valence-electron chi connectivity index (χ0n) is 10.3. The maximum Gasteiger partial charge on any atom is 0.242 e. The van der Waals surface area contributed by atoms with Crippen LogP contribution in [0.1, 0.15) is 26.2 Å². The fourth-order valence-corrected chi connectivity index (χ4v) is 1.62. The van der Waals surface area contributed by atoms with E-state index in [0.717, 1.165) is 0 Å². The van der Waals surface area contributed by atoms with E-state index in [1.165, 1.54) is 0 Å². The highest BCUT2D eigenvalue weighted by Gasteiger charge is 2.28. The first-order valence-electron chi connectivity index (χ1n) is 5.73. The minimum atomic E-state index is -0.992. The Morgan fingerprint density at radius 3 is 2.94 bits per heavy atom. The van der Waals surface area contributed by atoms with Crippen molar-refractivity contribution in [2.45, 2.75) is 37.8 Å². The zero-order chi connectivity index (χ0) is 12.9. The lowest BCUT2D eigenvalue weighted by atomic mass is 10.0. The van der Waals surface area contributed by atoms with Crippen LogP contribution >= 0.6 is 0 Å². The molecule has 1 aliphatic rings. The molecule has 98 valence electrons. The molecule has 1 unspecified atom stereocenters. The van der Waals surface area contributed by atoms with Gasteiger partial charge in [-0.15, -0.1) is 0 Å². The van der Waals surface area contributed by atoms with E-state index in [1.54, 1.807) is 14.0 Å². The maximum absolute atomic E-state index is 11.6. The maximum atomic E-state index is 11.6. The Kier molecular flexibility index (Phi) is 4.89. The van der Waals surface area contributed by atoms with Gasteiger partial charge in [0.15, 0.2) is 0 Å². The highest BCUT2D eigenvalue weighted by atomic mass is 16.5. The van der Waals surface area contributed by atoms with Crippen LogP contribution in [0.5, 0.6) is 0 Å². The summed E-state index contributed by atoms with van der Waals surface area (Å²) in [6, 6.07) is -0.458. The van der Waals surface area contributed by atoms with Crippen molar-refractivity contribution in [2.75, 3.05) is 20.3 Å². The summed E-state index contributed by atoms with van der Waals surface area (Å²) in [7, 11) is 1.56. The van der Waals surface area contributed by atoms with Gasteiger partial charge in [0.25, 0.3) is 0 Å². The molecule has 6 heteroatoms. The number of hydrogen-bond acceptors (Lipinski definition) is 4. The monoisotopic (exact) mass is 244 g/mol. The smallest absolute Gasteiger partial charge is 0.242 e. The molecule has 0 bridgehead atoms. The van der Waals surface area contributed by atoms with Crippen LogP contribution in [0.4, 0.5) is 0 Å². The van der Waals surface area contributed by atoms with E-state index in [0.29, 0.717) is 25.9 Å². The summed E-state index contributed by atoms with van der Waals surface area (Å²) < 4.78 is 4.87. The molecule has 1 heterocycles. The molecule has 0 aromatic rings. The first kappa shape index (κ1) is 13.9. The molecule has 0 radical (unpaired) electrons. The highest BCUT2D eigenvalue weighted by molar-refractivity contribution is 5.90. The van der Waals surface area contributed by atoms with Crippen molar-refractivity contribution in [1.82, 2.24) is 10.6 Å². The second kappa shape index (κ2) is 5.97. The summed E-state index contributed by atoms with van der Waals surface area (Å²) in [6.45, 7) is 2.23. The SMILES string of the molecule is COCCC(C)(O)CNC(=O)[C@@H]1CCC(=O)N1. The topological polar surface area (TPSA) is 87.7 Å². The molecule has 0 spiro atoms. The van der Waals surface area contributed by atoms with E-state index in [2.05, 4.69) is 10.6 Å². The van der Waals surface area contributed by atoms with E-state index < -0.39 is 11.6 Å². The summed E-state index contributed by atoms with van der Waals surface area (Å²) in [5.74, 6) is -0.343.